The molecule has 0 saturated carbocycles. The lowest BCUT2D eigenvalue weighted by Gasteiger charge is -2.17. The van der Waals surface area contributed by atoms with Gasteiger partial charge in [-0.2, -0.15) is 0 Å². The highest BCUT2D eigenvalue weighted by atomic mass is 32.2. The Bertz CT molecular complexity index is 591. The Hall–Kier alpha value is -1.71. The van der Waals surface area contributed by atoms with E-state index in [1.807, 2.05) is 0 Å². The largest absolute Gasteiger partial charge is 0.502 e. The molecule has 1 aromatic rings. The van der Waals surface area contributed by atoms with Gasteiger partial charge in [0.25, 0.3) is 0 Å². The van der Waals surface area contributed by atoms with Gasteiger partial charge >= 0.3 is 5.69 Å². The second-order valence-electron chi connectivity index (χ2n) is 4.54. The van der Waals surface area contributed by atoms with Crippen LogP contribution >= 0.6 is 0 Å². The summed E-state index contributed by atoms with van der Waals surface area (Å²) < 4.78 is 25.8. The molecular formula is C10H14N2O6S. The van der Waals surface area contributed by atoms with Gasteiger partial charge in [-0.25, -0.2) is 13.1 Å². The number of sulfonamides is 1. The molecule has 0 bridgehead atoms. The molecular weight excluding hydrogens is 276 g/mol. The van der Waals surface area contributed by atoms with Crippen molar-refractivity contribution in [1.82, 2.24) is 4.72 Å². The van der Waals surface area contributed by atoms with Gasteiger partial charge in [0.15, 0.2) is 5.75 Å². The number of hydrogen-bond donors (Lipinski definition) is 3. The fraction of sp³-hybridized carbons (Fsp3) is 0.400. The quantitative estimate of drug-likeness (QED) is 0.530. The minimum atomic E-state index is -3.99. The minimum Gasteiger partial charge on any atom is -0.502 e. The molecule has 0 unspecified atom stereocenters. The van der Waals surface area contributed by atoms with Crippen molar-refractivity contribution < 1.29 is 23.6 Å². The molecule has 0 aromatic heterocycles. The monoisotopic (exact) mass is 290 g/mol. The molecule has 0 aliphatic heterocycles. The molecule has 3 N–H and O–H groups in total. The summed E-state index contributed by atoms with van der Waals surface area (Å²) in [5.41, 5.74) is -1.96. The molecule has 0 saturated heterocycles. The van der Waals surface area contributed by atoms with E-state index in [4.69, 9.17) is 0 Å². The highest BCUT2D eigenvalue weighted by Crippen LogP contribution is 2.28. The standard InChI is InChI=1S/C10H14N2O6S/c1-10(2,14)6-11-19(17,18)7-3-4-9(13)8(5-7)12(15)16/h3-5,11,13-14H,6H2,1-2H3. The second-order valence-corrected chi connectivity index (χ2v) is 6.31. The number of hydrogen-bond acceptors (Lipinski definition) is 6. The second kappa shape index (κ2) is 5.11. The molecule has 1 rings (SSSR count). The molecule has 9 heteroatoms. The van der Waals surface area contributed by atoms with Crippen LogP contribution in [0.3, 0.4) is 0 Å². The first-order chi connectivity index (χ1) is 8.53. The molecule has 1 aromatic carbocycles. The lowest BCUT2D eigenvalue weighted by atomic mass is 10.1. The van der Waals surface area contributed by atoms with E-state index in [2.05, 4.69) is 4.72 Å². The number of aromatic hydroxyl groups is 1. The van der Waals surface area contributed by atoms with E-state index in [0.717, 1.165) is 18.2 Å². The summed E-state index contributed by atoms with van der Waals surface area (Å²) >= 11 is 0. The summed E-state index contributed by atoms with van der Waals surface area (Å²) in [5, 5.41) is 29.3. The summed E-state index contributed by atoms with van der Waals surface area (Å²) in [7, 11) is -3.99. The molecule has 0 radical (unpaired) electrons. The maximum absolute atomic E-state index is 11.8. The molecule has 106 valence electrons. The van der Waals surface area contributed by atoms with Crippen molar-refractivity contribution in [2.45, 2.75) is 24.3 Å². The van der Waals surface area contributed by atoms with Crippen LogP contribution in [0.2, 0.25) is 0 Å². The van der Waals surface area contributed by atoms with Crippen LogP contribution in [0.5, 0.6) is 5.75 Å². The molecule has 19 heavy (non-hydrogen) atoms. The molecule has 0 fully saturated rings. The zero-order chi connectivity index (χ0) is 14.8. The summed E-state index contributed by atoms with van der Waals surface area (Å²) in [5.74, 6) is -0.619. The topological polar surface area (TPSA) is 130 Å². The van der Waals surface area contributed by atoms with Gasteiger partial charge in [-0.05, 0) is 26.0 Å². The van der Waals surface area contributed by atoms with Crippen LogP contribution < -0.4 is 4.72 Å². The summed E-state index contributed by atoms with van der Waals surface area (Å²) in [4.78, 5) is 9.36. The van der Waals surface area contributed by atoms with Crippen LogP contribution in [0.15, 0.2) is 23.1 Å². The molecule has 0 amide bonds. The zero-order valence-corrected chi connectivity index (χ0v) is 11.1. The number of rotatable bonds is 5. The van der Waals surface area contributed by atoms with Crippen LogP contribution in [0, 0.1) is 10.1 Å². The van der Waals surface area contributed by atoms with Crippen molar-refractivity contribution in [3.8, 4) is 5.75 Å². The van der Waals surface area contributed by atoms with Crippen LogP contribution in [0.4, 0.5) is 5.69 Å². The Morgan fingerprint density at radius 1 is 1.42 bits per heavy atom. The van der Waals surface area contributed by atoms with Crippen molar-refractivity contribution in [3.05, 3.63) is 28.3 Å². The van der Waals surface area contributed by atoms with E-state index in [0.29, 0.717) is 0 Å². The normalized spacial score (nSPS) is 12.4. The molecule has 0 aliphatic carbocycles. The number of phenolic OH excluding ortho intramolecular Hbond substituents is 1. The Morgan fingerprint density at radius 2 is 2.00 bits per heavy atom. The third-order valence-electron chi connectivity index (χ3n) is 2.15. The average Bonchev–Trinajstić information content (AvgIpc) is 2.25. The maximum atomic E-state index is 11.8. The van der Waals surface area contributed by atoms with E-state index < -0.39 is 32.0 Å². The lowest BCUT2D eigenvalue weighted by Crippen LogP contribution is -2.38. The van der Waals surface area contributed by atoms with Crippen molar-refractivity contribution in [1.29, 1.82) is 0 Å². The molecule has 8 nitrogen and oxygen atoms in total. The molecule has 0 atom stereocenters. The van der Waals surface area contributed by atoms with Gasteiger partial charge in [-0.15, -0.1) is 0 Å². The SMILES string of the molecule is CC(C)(O)CNS(=O)(=O)c1ccc(O)c([N+](=O)[O-])c1. The number of aliphatic hydroxyl groups is 1. The fourth-order valence-electron chi connectivity index (χ4n) is 1.17. The van der Waals surface area contributed by atoms with Crippen molar-refractivity contribution >= 4 is 15.7 Å². The van der Waals surface area contributed by atoms with Gasteiger partial charge in [0.1, 0.15) is 0 Å². The van der Waals surface area contributed by atoms with E-state index in [1.165, 1.54) is 13.8 Å². The predicted molar refractivity (Wildman–Crippen MR) is 66.2 cm³/mol. The first-order valence-electron chi connectivity index (χ1n) is 5.22. The molecule has 0 heterocycles. The third kappa shape index (κ3) is 4.16. The summed E-state index contributed by atoms with van der Waals surface area (Å²) in [6.07, 6.45) is 0. The van der Waals surface area contributed by atoms with Gasteiger partial charge in [0.2, 0.25) is 10.0 Å². The molecule has 0 aliphatic rings. The zero-order valence-electron chi connectivity index (χ0n) is 10.3. The summed E-state index contributed by atoms with van der Waals surface area (Å²) in [6, 6.07) is 2.72. The van der Waals surface area contributed by atoms with Gasteiger partial charge in [0, 0.05) is 12.6 Å². The van der Waals surface area contributed by atoms with E-state index in [1.54, 1.807) is 0 Å². The van der Waals surface area contributed by atoms with Crippen molar-refractivity contribution in [3.63, 3.8) is 0 Å². The Morgan fingerprint density at radius 3 is 2.47 bits per heavy atom. The Kier molecular flexibility index (Phi) is 4.13. The lowest BCUT2D eigenvalue weighted by molar-refractivity contribution is -0.386. The maximum Gasteiger partial charge on any atom is 0.312 e. The van der Waals surface area contributed by atoms with Gasteiger partial charge in [0.05, 0.1) is 15.4 Å². The van der Waals surface area contributed by atoms with Crippen LogP contribution in [-0.4, -0.2) is 35.7 Å². The van der Waals surface area contributed by atoms with E-state index >= 15 is 0 Å². The van der Waals surface area contributed by atoms with Crippen LogP contribution in [0.25, 0.3) is 0 Å². The first-order valence-corrected chi connectivity index (χ1v) is 6.71. The number of nitro groups is 1. The van der Waals surface area contributed by atoms with E-state index in [-0.39, 0.29) is 11.4 Å². The van der Waals surface area contributed by atoms with Gasteiger partial charge in [-0.1, -0.05) is 0 Å². The third-order valence-corrected chi connectivity index (χ3v) is 3.55. The fourth-order valence-corrected chi connectivity index (χ4v) is 2.40. The van der Waals surface area contributed by atoms with E-state index in [9.17, 15) is 28.7 Å². The van der Waals surface area contributed by atoms with Crippen molar-refractivity contribution in [2.75, 3.05) is 6.54 Å². The molecule has 0 spiro atoms. The number of nitrogens with one attached hydrogen (secondary N) is 1. The number of nitro benzene ring substituents is 1. The first kappa shape index (κ1) is 15.3. The summed E-state index contributed by atoms with van der Waals surface area (Å²) in [6.45, 7) is 2.58. The minimum absolute atomic E-state index is 0.246. The number of phenols is 1. The van der Waals surface area contributed by atoms with Crippen molar-refractivity contribution in [2.24, 2.45) is 0 Å². The smallest absolute Gasteiger partial charge is 0.312 e. The Balaban J connectivity index is 3.09. The highest BCUT2D eigenvalue weighted by molar-refractivity contribution is 7.89. The van der Waals surface area contributed by atoms with Gasteiger partial charge < -0.3 is 10.2 Å². The van der Waals surface area contributed by atoms with Crippen LogP contribution in [-0.2, 0) is 10.0 Å². The Labute approximate surface area is 109 Å². The number of nitrogens with zero attached hydrogens (tertiary/aromatic N) is 1. The average molecular weight is 290 g/mol. The highest BCUT2D eigenvalue weighted by Gasteiger charge is 2.23. The van der Waals surface area contributed by atoms with Gasteiger partial charge in [-0.3, -0.25) is 10.1 Å². The van der Waals surface area contributed by atoms with Crippen LogP contribution in [0.1, 0.15) is 13.8 Å². The number of benzene rings is 1. The predicted octanol–water partition coefficient (Wildman–Crippen LogP) is 0.350.